The van der Waals surface area contributed by atoms with Crippen LogP contribution >= 0.6 is 12.4 Å². The summed E-state index contributed by atoms with van der Waals surface area (Å²) in [4.78, 5) is 7.81. The lowest BCUT2D eigenvalue weighted by molar-refractivity contribution is 0.122. The number of halogens is 1. The van der Waals surface area contributed by atoms with Gasteiger partial charge < -0.3 is 14.5 Å². The van der Waals surface area contributed by atoms with E-state index >= 15 is 0 Å². The maximum Gasteiger partial charge on any atom is 0.0642 e. The zero-order chi connectivity index (χ0) is 21.7. The van der Waals surface area contributed by atoms with Crippen molar-refractivity contribution in [2.24, 2.45) is 5.41 Å². The second kappa shape index (κ2) is 11.8. The maximum atomic E-state index is 5.59. The molecule has 2 heterocycles. The van der Waals surface area contributed by atoms with E-state index in [1.807, 2.05) is 0 Å². The van der Waals surface area contributed by atoms with Gasteiger partial charge in [0.15, 0.2) is 0 Å². The van der Waals surface area contributed by atoms with Crippen LogP contribution in [-0.2, 0) is 4.74 Å². The van der Waals surface area contributed by atoms with Gasteiger partial charge in [0.1, 0.15) is 0 Å². The van der Waals surface area contributed by atoms with Crippen molar-refractivity contribution in [3.63, 3.8) is 0 Å². The van der Waals surface area contributed by atoms with Gasteiger partial charge in [-0.1, -0.05) is 39.7 Å². The molecule has 0 saturated carbocycles. The van der Waals surface area contributed by atoms with Crippen molar-refractivity contribution in [2.45, 2.75) is 59.3 Å². The lowest BCUT2D eigenvalue weighted by atomic mass is 9.76. The summed E-state index contributed by atoms with van der Waals surface area (Å²) in [7, 11) is 0. The summed E-state index contributed by atoms with van der Waals surface area (Å²) in [5.74, 6) is 0. The predicted molar refractivity (Wildman–Crippen MR) is 141 cm³/mol. The third kappa shape index (κ3) is 6.42. The van der Waals surface area contributed by atoms with E-state index in [9.17, 15) is 0 Å². The summed E-state index contributed by atoms with van der Waals surface area (Å²) >= 11 is 0. The van der Waals surface area contributed by atoms with E-state index in [1.165, 1.54) is 75.1 Å². The predicted octanol–water partition coefficient (Wildman–Crippen LogP) is 5.85. The normalized spacial score (nSPS) is 21.8. The van der Waals surface area contributed by atoms with E-state index in [1.54, 1.807) is 5.57 Å². The minimum absolute atomic E-state index is 0. The van der Waals surface area contributed by atoms with Crippen molar-refractivity contribution < 1.29 is 4.74 Å². The first-order chi connectivity index (χ1) is 15.1. The highest BCUT2D eigenvalue weighted by Crippen LogP contribution is 2.42. The van der Waals surface area contributed by atoms with Crippen molar-refractivity contribution in [2.75, 3.05) is 68.8 Å². The second-order valence-corrected chi connectivity index (χ2v) is 10.4. The van der Waals surface area contributed by atoms with E-state index in [-0.39, 0.29) is 12.4 Å². The summed E-state index contributed by atoms with van der Waals surface area (Å²) in [6, 6.07) is 7.25. The van der Waals surface area contributed by atoms with E-state index in [0.717, 1.165) is 39.4 Å². The Hall–Kier alpha value is -1.23. The Morgan fingerprint density at radius 2 is 1.69 bits per heavy atom. The van der Waals surface area contributed by atoms with E-state index in [2.05, 4.69) is 59.7 Å². The van der Waals surface area contributed by atoms with Gasteiger partial charge in [0.25, 0.3) is 0 Å². The third-order valence-corrected chi connectivity index (χ3v) is 7.47. The molecule has 0 radical (unpaired) electrons. The average Bonchev–Trinajstić information content (AvgIpc) is 2.80. The zero-order valence-electron chi connectivity index (χ0n) is 20.6. The van der Waals surface area contributed by atoms with Crippen molar-refractivity contribution in [3.8, 4) is 0 Å². The highest BCUT2D eigenvalue weighted by molar-refractivity contribution is 5.85. The van der Waals surface area contributed by atoms with Crippen LogP contribution in [-0.4, -0.2) is 63.9 Å². The molecular formula is C27H44ClN3O. The van der Waals surface area contributed by atoms with Gasteiger partial charge in [-0.25, -0.2) is 0 Å². The molecule has 0 atom stereocenters. The molecule has 2 saturated heterocycles. The number of unbranched alkanes of at least 4 members (excludes halogenated alkanes) is 2. The van der Waals surface area contributed by atoms with Crippen molar-refractivity contribution in [1.29, 1.82) is 0 Å². The topological polar surface area (TPSA) is 19.0 Å². The first kappa shape index (κ1) is 25.4. The molecule has 4 rings (SSSR count). The highest BCUT2D eigenvalue weighted by atomic mass is 35.5. The van der Waals surface area contributed by atoms with Crippen LogP contribution in [0.25, 0.3) is 5.57 Å². The van der Waals surface area contributed by atoms with Crippen LogP contribution in [0.2, 0.25) is 0 Å². The summed E-state index contributed by atoms with van der Waals surface area (Å²) < 4.78 is 5.59. The SMILES string of the molecule is CCCCCN1CCN(c2ccc(N3CCOCC3)cc2C2=CCC(C)(C)CC2)CC1.Cl. The van der Waals surface area contributed by atoms with Crippen LogP contribution in [0, 0.1) is 5.41 Å². The number of anilines is 2. The van der Waals surface area contributed by atoms with Crippen molar-refractivity contribution in [1.82, 2.24) is 4.90 Å². The lowest BCUT2D eigenvalue weighted by Gasteiger charge is -2.38. The molecule has 2 fully saturated rings. The number of morpholine rings is 1. The fraction of sp³-hybridized carbons (Fsp3) is 0.704. The van der Waals surface area contributed by atoms with Crippen molar-refractivity contribution in [3.05, 3.63) is 29.8 Å². The van der Waals surface area contributed by atoms with Gasteiger partial charge in [-0.15, -0.1) is 12.4 Å². The molecule has 32 heavy (non-hydrogen) atoms. The first-order valence-electron chi connectivity index (χ1n) is 12.7. The largest absolute Gasteiger partial charge is 0.378 e. The number of hydrogen-bond acceptors (Lipinski definition) is 4. The molecule has 2 aliphatic heterocycles. The summed E-state index contributed by atoms with van der Waals surface area (Å²) in [5, 5.41) is 0. The van der Waals surface area contributed by atoms with Crippen LogP contribution in [0.1, 0.15) is 64.9 Å². The number of rotatable bonds is 7. The Morgan fingerprint density at radius 3 is 2.34 bits per heavy atom. The molecular weight excluding hydrogens is 418 g/mol. The van der Waals surface area contributed by atoms with Gasteiger partial charge in [0, 0.05) is 56.2 Å². The zero-order valence-corrected chi connectivity index (χ0v) is 21.4. The maximum absolute atomic E-state index is 5.59. The molecule has 0 N–H and O–H groups in total. The van der Waals surface area contributed by atoms with Gasteiger partial charge in [-0.05, 0) is 61.4 Å². The number of benzene rings is 1. The molecule has 180 valence electrons. The molecule has 1 aliphatic carbocycles. The molecule has 0 amide bonds. The van der Waals surface area contributed by atoms with Gasteiger partial charge >= 0.3 is 0 Å². The molecule has 3 aliphatic rings. The van der Waals surface area contributed by atoms with Crippen LogP contribution < -0.4 is 9.80 Å². The molecule has 4 nitrogen and oxygen atoms in total. The second-order valence-electron chi connectivity index (χ2n) is 10.4. The minimum Gasteiger partial charge on any atom is -0.378 e. The summed E-state index contributed by atoms with van der Waals surface area (Å²) in [6.45, 7) is 16.7. The monoisotopic (exact) mass is 461 g/mol. The Labute approximate surface area is 202 Å². The number of ether oxygens (including phenoxy) is 1. The number of hydrogen-bond donors (Lipinski definition) is 0. The van der Waals surface area contributed by atoms with Gasteiger partial charge in [0.05, 0.1) is 13.2 Å². The van der Waals surface area contributed by atoms with E-state index in [0.29, 0.717) is 5.41 Å². The molecule has 0 bridgehead atoms. The third-order valence-electron chi connectivity index (χ3n) is 7.47. The molecule has 1 aromatic carbocycles. The van der Waals surface area contributed by atoms with Gasteiger partial charge in [-0.2, -0.15) is 0 Å². The van der Waals surface area contributed by atoms with Gasteiger partial charge in [-0.3, -0.25) is 4.90 Å². The quantitative estimate of drug-likeness (QED) is 0.474. The van der Waals surface area contributed by atoms with E-state index in [4.69, 9.17) is 4.74 Å². The van der Waals surface area contributed by atoms with Crippen LogP contribution in [0.15, 0.2) is 24.3 Å². The fourth-order valence-electron chi connectivity index (χ4n) is 5.19. The summed E-state index contributed by atoms with van der Waals surface area (Å²) in [5.41, 5.74) is 6.31. The molecule has 5 heteroatoms. The number of allylic oxidation sites excluding steroid dienone is 2. The number of piperazine rings is 1. The highest BCUT2D eigenvalue weighted by Gasteiger charge is 2.26. The summed E-state index contributed by atoms with van der Waals surface area (Å²) in [6.07, 6.45) is 10.2. The molecule has 0 aromatic heterocycles. The first-order valence-corrected chi connectivity index (χ1v) is 12.7. The smallest absolute Gasteiger partial charge is 0.0642 e. The van der Waals surface area contributed by atoms with Crippen LogP contribution in [0.3, 0.4) is 0 Å². The number of nitrogens with zero attached hydrogens (tertiary/aromatic N) is 3. The fourth-order valence-corrected chi connectivity index (χ4v) is 5.19. The van der Waals surface area contributed by atoms with E-state index < -0.39 is 0 Å². The Balaban J connectivity index is 0.00000289. The minimum atomic E-state index is 0. The average molecular weight is 462 g/mol. The standard InChI is InChI=1S/C27H43N3O.ClH/c1-4-5-6-13-28-14-16-30(17-15-28)26-8-7-24(29-18-20-31-21-19-29)22-25(26)23-9-11-27(2,3)12-10-23;/h7-9,22H,4-6,10-21H2,1-3H3;1H. The Kier molecular flexibility index (Phi) is 9.33. The van der Waals surface area contributed by atoms with Crippen LogP contribution in [0.4, 0.5) is 11.4 Å². The van der Waals surface area contributed by atoms with Gasteiger partial charge in [0.2, 0.25) is 0 Å². The van der Waals surface area contributed by atoms with Crippen molar-refractivity contribution >= 4 is 29.4 Å². The van der Waals surface area contributed by atoms with Crippen LogP contribution in [0.5, 0.6) is 0 Å². The molecule has 0 unspecified atom stereocenters. The molecule has 1 aromatic rings. The molecule has 0 spiro atoms. The Bertz CT molecular complexity index is 749. The Morgan fingerprint density at radius 1 is 0.938 bits per heavy atom. The lowest BCUT2D eigenvalue weighted by Crippen LogP contribution is -2.47.